The lowest BCUT2D eigenvalue weighted by molar-refractivity contribution is 0.0697. The van der Waals surface area contributed by atoms with Crippen molar-refractivity contribution < 1.29 is 19.1 Å². The second kappa shape index (κ2) is 8.64. The number of nitrogens with zero attached hydrogens (tertiary/aromatic N) is 2. The zero-order valence-corrected chi connectivity index (χ0v) is 17.1. The highest BCUT2D eigenvalue weighted by Crippen LogP contribution is 2.40. The van der Waals surface area contributed by atoms with Crippen LogP contribution < -0.4 is 5.32 Å². The Balaban J connectivity index is 1.67. The van der Waals surface area contributed by atoms with E-state index < -0.39 is 5.97 Å². The molecule has 2 atom stereocenters. The third-order valence-electron chi connectivity index (χ3n) is 5.07. The van der Waals surface area contributed by atoms with Crippen molar-refractivity contribution in [2.24, 2.45) is 0 Å². The van der Waals surface area contributed by atoms with Crippen LogP contribution in [0, 0.1) is 0 Å². The van der Waals surface area contributed by atoms with Gasteiger partial charge in [-0.3, -0.25) is 4.98 Å². The molecule has 2 N–H and O–H groups in total. The van der Waals surface area contributed by atoms with Crippen LogP contribution in [0.5, 0.6) is 0 Å². The van der Waals surface area contributed by atoms with Gasteiger partial charge in [-0.2, -0.15) is 0 Å². The van der Waals surface area contributed by atoms with Gasteiger partial charge in [-0.1, -0.05) is 18.2 Å². The van der Waals surface area contributed by atoms with Crippen molar-refractivity contribution in [3.05, 3.63) is 77.8 Å². The van der Waals surface area contributed by atoms with Crippen LogP contribution >= 0.6 is 12.2 Å². The fourth-order valence-electron chi connectivity index (χ4n) is 3.59. The van der Waals surface area contributed by atoms with Crippen LogP contribution in [-0.2, 0) is 4.74 Å². The number of ether oxygens (including phenoxy) is 1. The lowest BCUT2D eigenvalue weighted by atomic mass is 10.0. The molecule has 0 unspecified atom stereocenters. The molecule has 30 heavy (non-hydrogen) atoms. The third-order valence-corrected chi connectivity index (χ3v) is 5.42. The van der Waals surface area contributed by atoms with E-state index in [9.17, 15) is 4.79 Å². The zero-order chi connectivity index (χ0) is 21.1. The Kier molecular flexibility index (Phi) is 5.78. The second-order valence-corrected chi connectivity index (χ2v) is 7.28. The molecule has 1 aromatic carbocycles. The van der Waals surface area contributed by atoms with Gasteiger partial charge in [-0.15, -0.1) is 0 Å². The quantitative estimate of drug-likeness (QED) is 0.557. The molecule has 1 fully saturated rings. The number of hydrogen-bond donors (Lipinski definition) is 2. The van der Waals surface area contributed by atoms with Crippen molar-refractivity contribution in [2.75, 3.05) is 20.3 Å². The lowest BCUT2D eigenvalue weighted by Gasteiger charge is -2.25. The predicted octanol–water partition coefficient (Wildman–Crippen LogP) is 3.66. The van der Waals surface area contributed by atoms with E-state index in [0.29, 0.717) is 24.0 Å². The van der Waals surface area contributed by atoms with E-state index in [1.54, 1.807) is 37.6 Å². The minimum atomic E-state index is -0.959. The van der Waals surface area contributed by atoms with E-state index in [-0.39, 0.29) is 17.6 Å². The number of methoxy groups -OCH3 is 1. The maximum Gasteiger partial charge on any atom is 0.335 e. The average Bonchev–Trinajstić information content (AvgIpc) is 3.37. The van der Waals surface area contributed by atoms with Crippen molar-refractivity contribution in [1.29, 1.82) is 0 Å². The van der Waals surface area contributed by atoms with E-state index in [1.807, 2.05) is 35.2 Å². The SMILES string of the molecule is COCCN1C(=S)N[C@@H](c2ccccn2)[C@H]1c1ccc(-c2ccc(C(=O)O)cc2)o1. The monoisotopic (exact) mass is 423 g/mol. The smallest absolute Gasteiger partial charge is 0.335 e. The maximum absolute atomic E-state index is 11.1. The van der Waals surface area contributed by atoms with Crippen molar-refractivity contribution in [3.8, 4) is 11.3 Å². The number of thiocarbonyl (C=S) groups is 1. The van der Waals surface area contributed by atoms with Gasteiger partial charge in [0.2, 0.25) is 0 Å². The fourth-order valence-corrected chi connectivity index (χ4v) is 3.92. The molecule has 3 aromatic rings. The summed E-state index contributed by atoms with van der Waals surface area (Å²) in [4.78, 5) is 17.6. The topological polar surface area (TPSA) is 87.8 Å². The van der Waals surface area contributed by atoms with Gasteiger partial charge >= 0.3 is 5.97 Å². The third kappa shape index (κ3) is 3.92. The first-order valence-corrected chi connectivity index (χ1v) is 9.90. The van der Waals surface area contributed by atoms with Gasteiger partial charge < -0.3 is 24.5 Å². The van der Waals surface area contributed by atoms with E-state index >= 15 is 0 Å². The molecule has 0 amide bonds. The number of rotatable bonds is 7. The summed E-state index contributed by atoms with van der Waals surface area (Å²) in [6.45, 7) is 1.14. The summed E-state index contributed by atoms with van der Waals surface area (Å²) in [6, 6.07) is 15.8. The Morgan fingerprint density at radius 2 is 2.03 bits per heavy atom. The molecule has 154 valence electrons. The van der Waals surface area contributed by atoms with Gasteiger partial charge in [-0.25, -0.2) is 4.79 Å². The summed E-state index contributed by atoms with van der Waals surface area (Å²) < 4.78 is 11.5. The standard InChI is InChI=1S/C22H21N3O4S/c1-28-13-12-25-20(19(24-22(25)30)16-4-2-3-11-23-16)18-10-9-17(29-18)14-5-7-15(8-6-14)21(26)27/h2-11,19-20H,12-13H2,1H3,(H,24,30)(H,26,27)/t19-,20+/m0/s1. The number of carbonyl (C=O) groups is 1. The average molecular weight is 423 g/mol. The first-order chi connectivity index (χ1) is 14.6. The number of aromatic carboxylic acids is 1. The van der Waals surface area contributed by atoms with Crippen LogP contribution in [0.25, 0.3) is 11.3 Å². The molecule has 0 saturated carbocycles. The van der Waals surface area contributed by atoms with Crippen LogP contribution in [0.3, 0.4) is 0 Å². The molecule has 1 saturated heterocycles. The molecule has 0 aliphatic carbocycles. The van der Waals surface area contributed by atoms with Gasteiger partial charge in [0, 0.05) is 25.4 Å². The lowest BCUT2D eigenvalue weighted by Crippen LogP contribution is -2.32. The Hall–Kier alpha value is -3.23. The second-order valence-electron chi connectivity index (χ2n) is 6.90. The minimum absolute atomic E-state index is 0.163. The van der Waals surface area contributed by atoms with Gasteiger partial charge in [-0.05, 0) is 48.6 Å². The van der Waals surface area contributed by atoms with Gasteiger partial charge in [0.05, 0.1) is 23.9 Å². The number of aromatic nitrogens is 1. The highest BCUT2D eigenvalue weighted by Gasteiger charge is 2.41. The molecule has 3 heterocycles. The molecular weight excluding hydrogens is 402 g/mol. The van der Waals surface area contributed by atoms with Crippen LogP contribution in [0.15, 0.2) is 65.2 Å². The van der Waals surface area contributed by atoms with Crippen molar-refractivity contribution in [1.82, 2.24) is 15.2 Å². The predicted molar refractivity (Wildman–Crippen MR) is 115 cm³/mol. The number of carboxylic acid groups (broad SMARTS) is 1. The first-order valence-electron chi connectivity index (χ1n) is 9.49. The van der Waals surface area contributed by atoms with Crippen LogP contribution in [-0.4, -0.2) is 46.3 Å². The number of hydrogen-bond acceptors (Lipinski definition) is 5. The summed E-state index contributed by atoms with van der Waals surface area (Å²) in [5.74, 6) is 0.442. The summed E-state index contributed by atoms with van der Waals surface area (Å²) in [5, 5.41) is 13.1. The number of benzene rings is 1. The molecule has 4 rings (SSSR count). The summed E-state index contributed by atoms with van der Waals surface area (Å²) >= 11 is 5.58. The molecule has 8 heteroatoms. The summed E-state index contributed by atoms with van der Waals surface area (Å²) in [7, 11) is 1.66. The summed E-state index contributed by atoms with van der Waals surface area (Å²) in [6.07, 6.45) is 1.76. The molecule has 1 aliphatic rings. The summed E-state index contributed by atoms with van der Waals surface area (Å²) in [5.41, 5.74) is 1.91. The molecule has 0 bridgehead atoms. The first kappa shape index (κ1) is 20.1. The molecule has 0 radical (unpaired) electrons. The normalized spacial score (nSPS) is 18.4. The van der Waals surface area contributed by atoms with Gasteiger partial charge in [0.25, 0.3) is 0 Å². The number of carboxylic acids is 1. The van der Waals surface area contributed by atoms with E-state index in [0.717, 1.165) is 17.0 Å². The zero-order valence-electron chi connectivity index (χ0n) is 16.3. The number of furan rings is 1. The van der Waals surface area contributed by atoms with Crippen LogP contribution in [0.2, 0.25) is 0 Å². The van der Waals surface area contributed by atoms with Crippen molar-refractivity contribution >= 4 is 23.3 Å². The minimum Gasteiger partial charge on any atom is -0.478 e. The highest BCUT2D eigenvalue weighted by atomic mass is 32.1. The Labute approximate surface area is 179 Å². The van der Waals surface area contributed by atoms with Crippen LogP contribution in [0.4, 0.5) is 0 Å². The van der Waals surface area contributed by atoms with Gasteiger partial charge in [0.1, 0.15) is 17.6 Å². The largest absolute Gasteiger partial charge is 0.478 e. The molecular formula is C22H21N3O4S. The van der Waals surface area contributed by atoms with E-state index in [4.69, 9.17) is 26.5 Å². The van der Waals surface area contributed by atoms with Crippen LogP contribution in [0.1, 0.15) is 33.9 Å². The Bertz CT molecular complexity index is 1040. The number of nitrogens with one attached hydrogen (secondary N) is 1. The maximum atomic E-state index is 11.1. The molecule has 0 spiro atoms. The number of pyridine rings is 1. The molecule has 7 nitrogen and oxygen atoms in total. The fraction of sp³-hybridized carbons (Fsp3) is 0.227. The molecule has 1 aliphatic heterocycles. The van der Waals surface area contributed by atoms with Crippen molar-refractivity contribution in [3.63, 3.8) is 0 Å². The Morgan fingerprint density at radius 3 is 2.70 bits per heavy atom. The Morgan fingerprint density at radius 1 is 1.23 bits per heavy atom. The van der Waals surface area contributed by atoms with E-state index in [2.05, 4.69) is 10.3 Å². The van der Waals surface area contributed by atoms with Gasteiger partial charge in [0.15, 0.2) is 5.11 Å². The van der Waals surface area contributed by atoms with Crippen molar-refractivity contribution in [2.45, 2.75) is 12.1 Å². The molecule has 2 aromatic heterocycles. The van der Waals surface area contributed by atoms with E-state index in [1.165, 1.54) is 0 Å². The highest BCUT2D eigenvalue weighted by molar-refractivity contribution is 7.80.